The fraction of sp³-hybridized carbons (Fsp3) is 0.833. The molecule has 0 aliphatic carbocycles. The molecule has 8 nitrogen and oxygen atoms in total. The zero-order valence-electron chi connectivity index (χ0n) is 11.6. The van der Waals surface area contributed by atoms with Crippen molar-refractivity contribution in [3.63, 3.8) is 0 Å². The van der Waals surface area contributed by atoms with Gasteiger partial charge in [-0.3, -0.25) is 19.4 Å². The van der Waals surface area contributed by atoms with Crippen molar-refractivity contribution >= 4 is 11.9 Å². The lowest BCUT2D eigenvalue weighted by atomic mass is 10.3. The maximum atomic E-state index is 10.5. The first-order chi connectivity index (χ1) is 9.49. The highest BCUT2D eigenvalue weighted by Gasteiger charge is 2.11. The summed E-state index contributed by atoms with van der Waals surface area (Å²) in [5.41, 5.74) is 0. The number of carboxylic acid groups (broad SMARTS) is 2. The minimum Gasteiger partial charge on any atom is -0.481 e. The summed E-state index contributed by atoms with van der Waals surface area (Å²) >= 11 is 0. The molecule has 0 saturated carbocycles. The van der Waals surface area contributed by atoms with Gasteiger partial charge in [0.1, 0.15) is 0 Å². The topological polar surface area (TPSA) is 122 Å². The van der Waals surface area contributed by atoms with Crippen LogP contribution in [0.5, 0.6) is 0 Å². The molecule has 4 N–H and O–H groups in total. The average Bonchev–Trinajstić information content (AvgIpc) is 2.38. The number of carboxylic acids is 2. The smallest absolute Gasteiger partial charge is 0.304 e. The first-order valence-corrected chi connectivity index (χ1v) is 6.59. The first kappa shape index (κ1) is 18.8. The molecule has 0 amide bonds. The molecule has 0 bridgehead atoms. The Balaban J connectivity index is 4.15. The molecule has 0 unspecified atom stereocenters. The van der Waals surface area contributed by atoms with Crippen molar-refractivity contribution in [2.45, 2.75) is 12.8 Å². The van der Waals surface area contributed by atoms with E-state index in [1.165, 1.54) is 0 Å². The van der Waals surface area contributed by atoms with Crippen LogP contribution >= 0.6 is 0 Å². The van der Waals surface area contributed by atoms with Crippen LogP contribution < -0.4 is 0 Å². The third-order valence-corrected chi connectivity index (χ3v) is 2.85. The summed E-state index contributed by atoms with van der Waals surface area (Å²) < 4.78 is 0. The lowest BCUT2D eigenvalue weighted by Crippen LogP contribution is -2.39. The minimum atomic E-state index is -0.897. The summed E-state index contributed by atoms with van der Waals surface area (Å²) in [4.78, 5) is 24.7. The number of aliphatic carboxylic acids is 2. The lowest BCUT2D eigenvalue weighted by molar-refractivity contribution is -0.138. The van der Waals surface area contributed by atoms with E-state index in [9.17, 15) is 9.59 Å². The van der Waals surface area contributed by atoms with E-state index in [1.54, 1.807) is 9.80 Å². The predicted octanol–water partition coefficient (Wildman–Crippen LogP) is -1.48. The second-order valence-corrected chi connectivity index (χ2v) is 4.42. The van der Waals surface area contributed by atoms with Crippen molar-refractivity contribution in [2.24, 2.45) is 0 Å². The van der Waals surface area contributed by atoms with Gasteiger partial charge in [0.05, 0.1) is 26.1 Å². The van der Waals surface area contributed by atoms with Crippen molar-refractivity contribution in [1.82, 2.24) is 9.80 Å². The fourth-order valence-electron chi connectivity index (χ4n) is 1.74. The summed E-state index contributed by atoms with van der Waals surface area (Å²) in [5.74, 6) is -1.79. The molecule has 0 fully saturated rings. The highest BCUT2D eigenvalue weighted by atomic mass is 16.4. The van der Waals surface area contributed by atoms with Gasteiger partial charge in [0.15, 0.2) is 0 Å². The summed E-state index contributed by atoms with van der Waals surface area (Å²) in [6.07, 6.45) is -0.00967. The van der Waals surface area contributed by atoms with Gasteiger partial charge in [-0.2, -0.15) is 0 Å². The molecule has 20 heavy (non-hydrogen) atoms. The third kappa shape index (κ3) is 10.7. The van der Waals surface area contributed by atoms with Crippen molar-refractivity contribution in [2.75, 3.05) is 52.5 Å². The van der Waals surface area contributed by atoms with E-state index >= 15 is 0 Å². The van der Waals surface area contributed by atoms with E-state index in [-0.39, 0.29) is 26.1 Å². The Kier molecular flexibility index (Phi) is 10.9. The maximum Gasteiger partial charge on any atom is 0.304 e. The zero-order valence-corrected chi connectivity index (χ0v) is 11.6. The van der Waals surface area contributed by atoms with Gasteiger partial charge in [0.2, 0.25) is 0 Å². The minimum absolute atomic E-state index is 0.00484. The van der Waals surface area contributed by atoms with Gasteiger partial charge in [0.25, 0.3) is 0 Å². The Bertz CT molecular complexity index is 259. The van der Waals surface area contributed by atoms with E-state index in [1.807, 2.05) is 0 Å². The van der Waals surface area contributed by atoms with Crippen LogP contribution in [0.4, 0.5) is 0 Å². The van der Waals surface area contributed by atoms with Crippen molar-refractivity contribution < 1.29 is 30.0 Å². The van der Waals surface area contributed by atoms with Gasteiger partial charge in [-0.25, -0.2) is 0 Å². The Morgan fingerprint density at radius 3 is 1.25 bits per heavy atom. The average molecular weight is 292 g/mol. The van der Waals surface area contributed by atoms with E-state index in [0.717, 1.165) is 0 Å². The summed E-state index contributed by atoms with van der Waals surface area (Å²) in [7, 11) is 0. The number of nitrogens with zero attached hydrogens (tertiary/aromatic N) is 2. The van der Waals surface area contributed by atoms with Gasteiger partial charge >= 0.3 is 11.9 Å². The predicted molar refractivity (Wildman–Crippen MR) is 71.6 cm³/mol. The molecule has 0 spiro atoms. The van der Waals surface area contributed by atoms with Crippen molar-refractivity contribution in [3.05, 3.63) is 0 Å². The largest absolute Gasteiger partial charge is 0.481 e. The van der Waals surface area contributed by atoms with Crippen LogP contribution in [0.25, 0.3) is 0 Å². The number of rotatable bonds is 13. The highest BCUT2D eigenvalue weighted by molar-refractivity contribution is 5.67. The van der Waals surface area contributed by atoms with E-state index < -0.39 is 11.9 Å². The molecule has 0 rings (SSSR count). The van der Waals surface area contributed by atoms with Crippen LogP contribution in [0.15, 0.2) is 0 Å². The SMILES string of the molecule is O=C(O)CCN(CCO)CCN(CCO)CCC(=O)O. The van der Waals surface area contributed by atoms with Gasteiger partial charge < -0.3 is 20.4 Å². The molecule has 0 heterocycles. The van der Waals surface area contributed by atoms with Crippen molar-refractivity contribution in [3.8, 4) is 0 Å². The monoisotopic (exact) mass is 292 g/mol. The summed E-state index contributed by atoms with van der Waals surface area (Å²) in [6.45, 7) is 2.34. The van der Waals surface area contributed by atoms with Gasteiger partial charge in [-0.05, 0) is 0 Å². The molecule has 0 aromatic heterocycles. The molecule has 0 saturated heterocycles. The van der Waals surface area contributed by atoms with Crippen LogP contribution in [0.2, 0.25) is 0 Å². The Morgan fingerprint density at radius 1 is 0.650 bits per heavy atom. The number of aliphatic hydroxyl groups excluding tert-OH is 2. The lowest BCUT2D eigenvalue weighted by Gasteiger charge is -2.26. The second-order valence-electron chi connectivity index (χ2n) is 4.42. The number of hydrogen-bond acceptors (Lipinski definition) is 6. The molecule has 118 valence electrons. The molecular weight excluding hydrogens is 268 g/mol. The van der Waals surface area contributed by atoms with Crippen LogP contribution in [-0.2, 0) is 9.59 Å². The number of hydrogen-bond donors (Lipinski definition) is 4. The van der Waals surface area contributed by atoms with Crippen LogP contribution in [-0.4, -0.2) is 94.6 Å². The van der Waals surface area contributed by atoms with Crippen LogP contribution in [0.3, 0.4) is 0 Å². The number of aliphatic hydroxyl groups is 2. The van der Waals surface area contributed by atoms with Gasteiger partial charge in [-0.15, -0.1) is 0 Å². The fourth-order valence-corrected chi connectivity index (χ4v) is 1.74. The molecule has 0 radical (unpaired) electrons. The van der Waals surface area contributed by atoms with Crippen LogP contribution in [0, 0.1) is 0 Å². The standard InChI is InChI=1S/C12H24N2O6/c15-9-7-13(3-1-11(17)18)5-6-14(8-10-16)4-2-12(19)20/h15-16H,1-10H2,(H,17,18)(H,19,20). The molecule has 0 aliphatic heterocycles. The molecule has 0 aromatic rings. The number of carbonyl (C=O) groups is 2. The molecule has 0 aromatic carbocycles. The van der Waals surface area contributed by atoms with Crippen molar-refractivity contribution in [1.29, 1.82) is 0 Å². The Morgan fingerprint density at radius 2 is 1.00 bits per heavy atom. The van der Waals surface area contributed by atoms with E-state index in [2.05, 4.69) is 0 Å². The molecule has 0 aliphatic rings. The highest BCUT2D eigenvalue weighted by Crippen LogP contribution is 1.97. The summed E-state index contributed by atoms with van der Waals surface area (Å²) in [6, 6.07) is 0. The molecular formula is C12H24N2O6. The Hall–Kier alpha value is -1.22. The quantitative estimate of drug-likeness (QED) is 0.324. The van der Waals surface area contributed by atoms with Gasteiger partial charge in [-0.1, -0.05) is 0 Å². The maximum absolute atomic E-state index is 10.5. The zero-order chi connectivity index (χ0) is 15.4. The normalized spacial score (nSPS) is 11.2. The third-order valence-electron chi connectivity index (χ3n) is 2.85. The molecule has 8 heteroatoms. The van der Waals surface area contributed by atoms with Gasteiger partial charge in [0, 0.05) is 39.3 Å². The second kappa shape index (κ2) is 11.6. The first-order valence-electron chi connectivity index (χ1n) is 6.59. The molecule has 0 atom stereocenters. The van der Waals surface area contributed by atoms with E-state index in [0.29, 0.717) is 39.3 Å². The Labute approximate surface area is 118 Å². The van der Waals surface area contributed by atoms with E-state index in [4.69, 9.17) is 20.4 Å². The van der Waals surface area contributed by atoms with Crippen LogP contribution in [0.1, 0.15) is 12.8 Å². The summed E-state index contributed by atoms with van der Waals surface area (Å²) in [5, 5.41) is 35.1.